The molecular formula is C18H21BClNO2S. The van der Waals surface area contributed by atoms with Crippen LogP contribution in [-0.2, 0) is 9.31 Å². The summed E-state index contributed by atoms with van der Waals surface area (Å²) in [6.07, 6.45) is 2.07. The Morgan fingerprint density at radius 1 is 1.17 bits per heavy atom. The van der Waals surface area contributed by atoms with Gasteiger partial charge < -0.3 is 9.31 Å². The van der Waals surface area contributed by atoms with Crippen LogP contribution in [0, 0.1) is 0 Å². The van der Waals surface area contributed by atoms with Gasteiger partial charge in [0, 0.05) is 11.1 Å². The molecule has 0 aliphatic carbocycles. The first-order valence-electron chi connectivity index (χ1n) is 7.95. The smallest absolute Gasteiger partial charge is 0.400 e. The first kappa shape index (κ1) is 17.8. The molecule has 0 unspecified atom stereocenters. The number of thiol groups is 1. The van der Waals surface area contributed by atoms with Crippen LogP contribution >= 0.6 is 24.2 Å². The minimum absolute atomic E-state index is 0.357. The van der Waals surface area contributed by atoms with E-state index in [2.05, 4.69) is 57.5 Å². The van der Waals surface area contributed by atoms with Crippen LogP contribution in [-0.4, -0.2) is 29.1 Å². The number of benzene rings is 1. The zero-order valence-corrected chi connectivity index (χ0v) is 16.0. The molecule has 1 aliphatic rings. The fraction of sp³-hybridized carbons (Fsp3) is 0.389. The Morgan fingerprint density at radius 2 is 1.83 bits per heavy atom. The lowest BCUT2D eigenvalue weighted by Crippen LogP contribution is -2.41. The highest BCUT2D eigenvalue weighted by molar-refractivity contribution is 7.80. The lowest BCUT2D eigenvalue weighted by Gasteiger charge is -2.32. The monoisotopic (exact) mass is 361 g/mol. The lowest BCUT2D eigenvalue weighted by atomic mass is 9.78. The van der Waals surface area contributed by atoms with Gasteiger partial charge in [0.2, 0.25) is 0 Å². The Labute approximate surface area is 153 Å². The molecule has 0 amide bonds. The molecule has 0 atom stereocenters. The Kier molecular flexibility index (Phi) is 4.73. The topological polar surface area (TPSA) is 31.4 Å². The summed E-state index contributed by atoms with van der Waals surface area (Å²) in [5.74, 6) is 0.563. The van der Waals surface area contributed by atoms with Crippen molar-refractivity contribution in [1.29, 1.82) is 0 Å². The van der Waals surface area contributed by atoms with Crippen molar-refractivity contribution >= 4 is 48.3 Å². The van der Waals surface area contributed by atoms with E-state index in [9.17, 15) is 0 Å². The predicted octanol–water partition coefficient (Wildman–Crippen LogP) is 4.83. The molecule has 0 saturated carbocycles. The van der Waals surface area contributed by atoms with Gasteiger partial charge >= 0.3 is 7.12 Å². The summed E-state index contributed by atoms with van der Waals surface area (Å²) in [6, 6.07) is 9.82. The second kappa shape index (κ2) is 6.38. The van der Waals surface area contributed by atoms with E-state index in [1.807, 2.05) is 18.2 Å². The number of hydrogen-bond acceptors (Lipinski definition) is 4. The maximum absolute atomic E-state index is 6.12. The average molecular weight is 362 g/mol. The standard InChI is InChI=1S/C18H21BClNO2S/c1-17(2)18(3,4)23-19(22-17)14(11-24)10-12-5-7-15-13(9-12)6-8-16(20)21-15/h5-10,24H,11H2,1-4H3. The summed E-state index contributed by atoms with van der Waals surface area (Å²) >= 11 is 10.4. The molecule has 1 aromatic carbocycles. The van der Waals surface area contributed by atoms with Crippen molar-refractivity contribution in [3.63, 3.8) is 0 Å². The summed E-state index contributed by atoms with van der Waals surface area (Å²) in [5.41, 5.74) is 2.22. The van der Waals surface area contributed by atoms with Crippen LogP contribution in [0.4, 0.5) is 0 Å². The maximum Gasteiger partial charge on any atom is 0.491 e. The molecule has 0 N–H and O–H groups in total. The van der Waals surface area contributed by atoms with Crippen molar-refractivity contribution < 1.29 is 9.31 Å². The minimum atomic E-state index is -0.383. The molecule has 2 aromatic rings. The molecule has 1 aliphatic heterocycles. The molecule has 24 heavy (non-hydrogen) atoms. The molecular weight excluding hydrogens is 341 g/mol. The summed E-state index contributed by atoms with van der Waals surface area (Å²) in [4.78, 5) is 4.31. The summed E-state index contributed by atoms with van der Waals surface area (Å²) in [5, 5.41) is 1.54. The van der Waals surface area contributed by atoms with Gasteiger partial charge in [-0.1, -0.05) is 23.7 Å². The molecule has 0 radical (unpaired) electrons. The Balaban J connectivity index is 1.92. The number of fused-ring (bicyclic) bond motifs is 1. The van der Waals surface area contributed by atoms with Gasteiger partial charge in [-0.05, 0) is 63.0 Å². The largest absolute Gasteiger partial charge is 0.491 e. The van der Waals surface area contributed by atoms with Gasteiger partial charge in [-0.2, -0.15) is 12.6 Å². The molecule has 0 bridgehead atoms. The average Bonchev–Trinajstić information content (AvgIpc) is 2.73. The van der Waals surface area contributed by atoms with Gasteiger partial charge in [-0.25, -0.2) is 4.98 Å². The summed E-state index contributed by atoms with van der Waals surface area (Å²) < 4.78 is 12.2. The molecule has 3 nitrogen and oxygen atoms in total. The lowest BCUT2D eigenvalue weighted by molar-refractivity contribution is 0.00578. The molecule has 3 rings (SSSR count). The van der Waals surface area contributed by atoms with E-state index in [4.69, 9.17) is 20.9 Å². The van der Waals surface area contributed by atoms with E-state index >= 15 is 0 Å². The van der Waals surface area contributed by atoms with Crippen molar-refractivity contribution in [2.24, 2.45) is 0 Å². The molecule has 1 aromatic heterocycles. The second-order valence-corrected chi connectivity index (χ2v) is 7.76. The summed E-state index contributed by atoms with van der Waals surface area (Å²) in [6.45, 7) is 8.20. The van der Waals surface area contributed by atoms with E-state index in [1.165, 1.54) is 0 Å². The Bertz CT molecular complexity index is 791. The number of pyridine rings is 1. The highest BCUT2D eigenvalue weighted by atomic mass is 35.5. The first-order valence-corrected chi connectivity index (χ1v) is 8.96. The number of nitrogens with zero attached hydrogens (tertiary/aromatic N) is 1. The van der Waals surface area contributed by atoms with Crippen molar-refractivity contribution in [3.05, 3.63) is 46.5 Å². The van der Waals surface area contributed by atoms with Gasteiger partial charge in [-0.15, -0.1) is 0 Å². The van der Waals surface area contributed by atoms with E-state index in [0.717, 1.165) is 21.9 Å². The highest BCUT2D eigenvalue weighted by Gasteiger charge is 2.52. The SMILES string of the molecule is CC1(C)OB(C(=Cc2ccc3nc(Cl)ccc3c2)CS)OC1(C)C. The normalized spacial score (nSPS) is 19.9. The first-order chi connectivity index (χ1) is 11.2. The maximum atomic E-state index is 6.12. The van der Waals surface area contributed by atoms with Crippen molar-refractivity contribution in [2.75, 3.05) is 5.75 Å². The Morgan fingerprint density at radius 3 is 2.46 bits per heavy atom. The van der Waals surface area contributed by atoms with Crippen LogP contribution in [0.3, 0.4) is 0 Å². The van der Waals surface area contributed by atoms with Crippen molar-refractivity contribution in [1.82, 2.24) is 4.98 Å². The summed E-state index contributed by atoms with van der Waals surface area (Å²) in [7, 11) is -0.383. The van der Waals surface area contributed by atoms with E-state index in [1.54, 1.807) is 6.07 Å². The van der Waals surface area contributed by atoms with E-state index in [-0.39, 0.29) is 18.3 Å². The fourth-order valence-corrected chi connectivity index (χ4v) is 3.00. The van der Waals surface area contributed by atoms with Crippen LogP contribution in [0.15, 0.2) is 35.8 Å². The van der Waals surface area contributed by atoms with E-state index in [0.29, 0.717) is 10.9 Å². The predicted molar refractivity (Wildman–Crippen MR) is 105 cm³/mol. The zero-order valence-electron chi connectivity index (χ0n) is 14.3. The van der Waals surface area contributed by atoms with Gasteiger partial charge in [0.05, 0.1) is 16.7 Å². The number of hydrogen-bond donors (Lipinski definition) is 1. The molecule has 1 fully saturated rings. The fourth-order valence-electron chi connectivity index (χ4n) is 2.61. The van der Waals surface area contributed by atoms with Crippen LogP contribution in [0.25, 0.3) is 17.0 Å². The van der Waals surface area contributed by atoms with Gasteiger partial charge in [0.1, 0.15) is 5.15 Å². The second-order valence-electron chi connectivity index (χ2n) is 7.05. The molecule has 1 saturated heterocycles. The molecule has 6 heteroatoms. The third-order valence-corrected chi connectivity index (χ3v) is 5.35. The van der Waals surface area contributed by atoms with Gasteiger partial charge in [0.15, 0.2) is 0 Å². The third kappa shape index (κ3) is 3.36. The number of aromatic nitrogens is 1. The van der Waals surface area contributed by atoms with Crippen molar-refractivity contribution in [2.45, 2.75) is 38.9 Å². The number of halogens is 1. The quantitative estimate of drug-likeness (QED) is 0.482. The minimum Gasteiger partial charge on any atom is -0.400 e. The highest BCUT2D eigenvalue weighted by Crippen LogP contribution is 2.39. The molecule has 0 spiro atoms. The van der Waals surface area contributed by atoms with E-state index < -0.39 is 0 Å². The van der Waals surface area contributed by atoms with Gasteiger partial charge in [0.25, 0.3) is 0 Å². The molecule has 2 heterocycles. The van der Waals surface area contributed by atoms with Crippen LogP contribution in [0.5, 0.6) is 0 Å². The zero-order chi connectivity index (χ0) is 17.5. The van der Waals surface area contributed by atoms with Crippen LogP contribution < -0.4 is 0 Å². The van der Waals surface area contributed by atoms with Gasteiger partial charge in [-0.3, -0.25) is 0 Å². The number of rotatable bonds is 3. The third-order valence-electron chi connectivity index (χ3n) is 4.77. The van der Waals surface area contributed by atoms with Crippen LogP contribution in [0.1, 0.15) is 33.3 Å². The Hall–Kier alpha value is -1.01. The van der Waals surface area contributed by atoms with Crippen molar-refractivity contribution in [3.8, 4) is 0 Å². The molecule has 126 valence electrons. The van der Waals surface area contributed by atoms with Crippen LogP contribution in [0.2, 0.25) is 5.15 Å².